The zero-order chi connectivity index (χ0) is 27.6. The van der Waals surface area contributed by atoms with Gasteiger partial charge in [0.25, 0.3) is 0 Å². The van der Waals surface area contributed by atoms with E-state index in [-0.39, 0.29) is 24.6 Å². The van der Waals surface area contributed by atoms with E-state index in [4.69, 9.17) is 0 Å². The Bertz CT molecular complexity index is 1230. The fourth-order valence-electron chi connectivity index (χ4n) is 5.89. The lowest BCUT2D eigenvalue weighted by atomic mass is 9.93. The van der Waals surface area contributed by atoms with Crippen LogP contribution in [0.1, 0.15) is 63.6 Å². The second-order valence-corrected chi connectivity index (χ2v) is 10.9. The van der Waals surface area contributed by atoms with E-state index >= 15 is 0 Å². The van der Waals surface area contributed by atoms with Crippen molar-refractivity contribution in [3.63, 3.8) is 0 Å². The van der Waals surface area contributed by atoms with E-state index in [2.05, 4.69) is 74.0 Å². The second-order valence-electron chi connectivity index (χ2n) is 10.9. The monoisotopic (exact) mass is 544 g/mol. The molecule has 7 nitrogen and oxygen atoms in total. The van der Waals surface area contributed by atoms with E-state index in [0.717, 1.165) is 74.9 Å². The molecule has 2 aromatic heterocycles. The Balaban J connectivity index is 1.40. The van der Waals surface area contributed by atoms with E-state index in [1.54, 1.807) is 6.20 Å². The second kappa shape index (κ2) is 11.8. The summed E-state index contributed by atoms with van der Waals surface area (Å²) < 4.78 is 40.1. The fraction of sp³-hybridized carbons (Fsp3) is 0.586. The van der Waals surface area contributed by atoms with Crippen molar-refractivity contribution in [2.45, 2.75) is 70.3 Å². The van der Waals surface area contributed by atoms with Gasteiger partial charge in [0, 0.05) is 68.2 Å². The molecule has 1 aliphatic heterocycles. The molecule has 3 heterocycles. The van der Waals surface area contributed by atoms with Crippen LogP contribution in [0.4, 0.5) is 19.1 Å². The molecule has 2 N–H and O–H groups in total. The number of aliphatic hydroxyl groups is 1. The first-order chi connectivity index (χ1) is 18.7. The van der Waals surface area contributed by atoms with Crippen molar-refractivity contribution in [1.82, 2.24) is 24.3 Å². The molecule has 0 radical (unpaired) electrons. The van der Waals surface area contributed by atoms with Crippen molar-refractivity contribution in [2.24, 2.45) is 0 Å². The smallest absolute Gasteiger partial charge is 0.390 e. The molecular formula is C29H39F3N6O. The van der Waals surface area contributed by atoms with Gasteiger partial charge in [-0.3, -0.25) is 4.90 Å². The summed E-state index contributed by atoms with van der Waals surface area (Å²) >= 11 is 0. The molecule has 0 amide bonds. The summed E-state index contributed by atoms with van der Waals surface area (Å²) in [7, 11) is 0. The molecule has 0 unspecified atom stereocenters. The molecule has 212 valence electrons. The molecule has 0 spiro atoms. The molecule has 10 heteroatoms. The van der Waals surface area contributed by atoms with Gasteiger partial charge in [0.2, 0.25) is 5.95 Å². The lowest BCUT2D eigenvalue weighted by Gasteiger charge is -2.37. The number of fused-ring (bicyclic) bond motifs is 1. The van der Waals surface area contributed by atoms with Crippen LogP contribution in [0.5, 0.6) is 0 Å². The van der Waals surface area contributed by atoms with E-state index in [1.165, 1.54) is 5.56 Å². The van der Waals surface area contributed by atoms with E-state index < -0.39 is 12.6 Å². The maximum absolute atomic E-state index is 12.6. The molecule has 2 aliphatic rings. The van der Waals surface area contributed by atoms with Crippen LogP contribution in [0.15, 0.2) is 36.7 Å². The van der Waals surface area contributed by atoms with Gasteiger partial charge in [0.15, 0.2) is 0 Å². The number of hydrogen-bond acceptors (Lipinski definition) is 6. The van der Waals surface area contributed by atoms with Gasteiger partial charge in [-0.05, 0) is 50.3 Å². The third-order valence-electron chi connectivity index (χ3n) is 8.43. The number of likely N-dealkylation sites (N-methyl/N-ethyl adjacent to an activating group) is 1. The number of nitrogens with zero attached hydrogens (tertiary/aromatic N) is 5. The molecule has 3 aromatic rings. The Morgan fingerprint density at radius 1 is 1.05 bits per heavy atom. The number of alkyl halides is 3. The highest BCUT2D eigenvalue weighted by Gasteiger charge is 2.27. The summed E-state index contributed by atoms with van der Waals surface area (Å²) in [5, 5.41) is 13.6. The number of benzene rings is 1. The Morgan fingerprint density at radius 2 is 1.74 bits per heavy atom. The van der Waals surface area contributed by atoms with Crippen LogP contribution in [0.25, 0.3) is 22.2 Å². The lowest BCUT2D eigenvalue weighted by molar-refractivity contribution is -0.131. The summed E-state index contributed by atoms with van der Waals surface area (Å²) in [6.45, 7) is 9.64. The van der Waals surface area contributed by atoms with Gasteiger partial charge in [0.1, 0.15) is 5.65 Å². The summed E-state index contributed by atoms with van der Waals surface area (Å²) in [4.78, 5) is 14.0. The highest BCUT2D eigenvalue weighted by Crippen LogP contribution is 2.37. The number of nitrogens with one attached hydrogen (secondary N) is 1. The number of aromatic nitrogens is 3. The van der Waals surface area contributed by atoms with Crippen molar-refractivity contribution in [2.75, 3.05) is 44.6 Å². The molecular weight excluding hydrogens is 505 g/mol. The maximum atomic E-state index is 12.6. The summed E-state index contributed by atoms with van der Waals surface area (Å²) in [6, 6.07) is 9.19. The van der Waals surface area contributed by atoms with Crippen molar-refractivity contribution in [1.29, 1.82) is 0 Å². The molecule has 1 saturated heterocycles. The molecule has 1 saturated carbocycles. The highest BCUT2D eigenvalue weighted by molar-refractivity contribution is 5.94. The first kappa shape index (κ1) is 27.9. The predicted octanol–water partition coefficient (Wildman–Crippen LogP) is 5.64. The van der Waals surface area contributed by atoms with Crippen LogP contribution in [-0.4, -0.2) is 81.0 Å². The molecule has 1 aliphatic carbocycles. The maximum Gasteiger partial charge on any atom is 0.390 e. The average molecular weight is 545 g/mol. The van der Waals surface area contributed by atoms with Crippen molar-refractivity contribution in [3.05, 3.63) is 42.2 Å². The van der Waals surface area contributed by atoms with Crippen LogP contribution in [0.3, 0.4) is 0 Å². The fourth-order valence-corrected chi connectivity index (χ4v) is 5.89. The standard InChI is InChI=1S/C29H39F3N6O/c1-3-36-14-16-37(17-15-36)20(2)21-4-6-22(7-5-21)26-19-38(23-8-10-24(39)11-9-23)27-25(26)18-34-28(35-27)33-13-12-29(30,31)32/h4-7,18-20,23-24,39H,3,8-17H2,1-2H3,(H,33,34,35)/t20-,23?,24?/m1/s1. The SMILES string of the molecule is CCN1CCN([C@H](C)c2ccc(-c3cn(C4CCC(O)CC4)c4nc(NCCC(F)(F)F)ncc34)cc2)CC1. The Morgan fingerprint density at radius 3 is 2.38 bits per heavy atom. The summed E-state index contributed by atoms with van der Waals surface area (Å²) in [5.41, 5.74) is 4.06. The van der Waals surface area contributed by atoms with Crippen molar-refractivity contribution >= 4 is 17.0 Å². The van der Waals surface area contributed by atoms with Crippen LogP contribution in [0.2, 0.25) is 0 Å². The zero-order valence-electron chi connectivity index (χ0n) is 22.8. The molecule has 0 bridgehead atoms. The number of anilines is 1. The van der Waals surface area contributed by atoms with Crippen LogP contribution < -0.4 is 5.32 Å². The minimum Gasteiger partial charge on any atom is -0.393 e. The Hall–Kier alpha value is -2.69. The predicted molar refractivity (Wildman–Crippen MR) is 148 cm³/mol. The normalized spacial score (nSPS) is 22.3. The third kappa shape index (κ3) is 6.56. The number of hydrogen-bond donors (Lipinski definition) is 2. The first-order valence-corrected chi connectivity index (χ1v) is 14.1. The number of rotatable bonds is 8. The number of halogens is 3. The van der Waals surface area contributed by atoms with Crippen LogP contribution >= 0.6 is 0 Å². The van der Waals surface area contributed by atoms with E-state index in [1.807, 2.05) is 0 Å². The lowest BCUT2D eigenvalue weighted by Crippen LogP contribution is -2.46. The Kier molecular flexibility index (Phi) is 8.44. The van der Waals surface area contributed by atoms with Crippen molar-refractivity contribution < 1.29 is 18.3 Å². The minimum atomic E-state index is -4.24. The van der Waals surface area contributed by atoms with Gasteiger partial charge in [-0.15, -0.1) is 0 Å². The average Bonchev–Trinajstić information content (AvgIpc) is 3.31. The molecule has 5 rings (SSSR count). The van der Waals surface area contributed by atoms with Gasteiger partial charge < -0.3 is 19.9 Å². The molecule has 39 heavy (non-hydrogen) atoms. The largest absolute Gasteiger partial charge is 0.393 e. The quantitative estimate of drug-likeness (QED) is 0.383. The van der Waals surface area contributed by atoms with Gasteiger partial charge in [-0.25, -0.2) is 4.98 Å². The number of piperazine rings is 1. The van der Waals surface area contributed by atoms with E-state index in [9.17, 15) is 18.3 Å². The van der Waals surface area contributed by atoms with Gasteiger partial charge in [-0.1, -0.05) is 31.2 Å². The summed E-state index contributed by atoms with van der Waals surface area (Å²) in [6.07, 6.45) is 1.45. The topological polar surface area (TPSA) is 69.5 Å². The first-order valence-electron chi connectivity index (χ1n) is 14.1. The summed E-state index contributed by atoms with van der Waals surface area (Å²) in [5.74, 6) is 0.195. The van der Waals surface area contributed by atoms with Gasteiger partial charge in [0.05, 0.1) is 12.5 Å². The van der Waals surface area contributed by atoms with Crippen molar-refractivity contribution in [3.8, 4) is 11.1 Å². The van der Waals surface area contributed by atoms with E-state index in [0.29, 0.717) is 11.7 Å². The molecule has 1 aromatic carbocycles. The molecule has 1 atom stereocenters. The van der Waals surface area contributed by atoms with Crippen LogP contribution in [0, 0.1) is 0 Å². The zero-order valence-corrected chi connectivity index (χ0v) is 22.8. The van der Waals surface area contributed by atoms with Gasteiger partial charge >= 0.3 is 6.18 Å². The highest BCUT2D eigenvalue weighted by atomic mass is 19.4. The third-order valence-corrected chi connectivity index (χ3v) is 8.43. The molecule has 2 fully saturated rings. The Labute approximate surface area is 228 Å². The van der Waals surface area contributed by atoms with Gasteiger partial charge in [-0.2, -0.15) is 18.2 Å². The number of aliphatic hydroxyl groups excluding tert-OH is 1. The van der Waals surface area contributed by atoms with Crippen LogP contribution in [-0.2, 0) is 0 Å². The minimum absolute atomic E-state index is 0.170.